The molecule has 1 aliphatic heterocycles. The Balaban J connectivity index is 1.95. The minimum absolute atomic E-state index is 0.00377. The Hall–Kier alpha value is -2.98. The van der Waals surface area contributed by atoms with Gasteiger partial charge in [-0.25, -0.2) is 17.5 Å². The number of nitro groups is 1. The van der Waals surface area contributed by atoms with Gasteiger partial charge in [0.2, 0.25) is 0 Å². The summed E-state index contributed by atoms with van der Waals surface area (Å²) < 4.78 is 27.6. The van der Waals surface area contributed by atoms with E-state index in [9.17, 15) is 23.3 Å². The first-order valence-corrected chi connectivity index (χ1v) is 11.5. The van der Waals surface area contributed by atoms with Gasteiger partial charge in [0.15, 0.2) is 0 Å². The fourth-order valence-electron chi connectivity index (χ4n) is 3.44. The number of hydrogen-bond donors (Lipinski definition) is 0. The van der Waals surface area contributed by atoms with Gasteiger partial charge in [-0.05, 0) is 31.2 Å². The number of nitro benzene ring substituents is 1. The molecule has 2 aromatic rings. The molecule has 1 saturated heterocycles. The maximum Gasteiger partial charge on any atom is 0.334 e. The molecule has 0 atom stereocenters. The summed E-state index contributed by atoms with van der Waals surface area (Å²) in [6, 6.07) is 11.3. The van der Waals surface area contributed by atoms with Crippen LogP contribution in [0.25, 0.3) is 0 Å². The van der Waals surface area contributed by atoms with Crippen LogP contribution in [-0.4, -0.2) is 66.2 Å². The van der Waals surface area contributed by atoms with Crippen molar-refractivity contribution in [2.75, 3.05) is 32.7 Å². The van der Waals surface area contributed by atoms with Crippen LogP contribution in [-0.2, 0) is 16.6 Å². The summed E-state index contributed by atoms with van der Waals surface area (Å²) in [5, 5.41) is 11.1. The van der Waals surface area contributed by atoms with E-state index in [1.165, 1.54) is 35.2 Å². The van der Waals surface area contributed by atoms with Crippen LogP contribution in [0.15, 0.2) is 53.4 Å². The van der Waals surface area contributed by atoms with Crippen LogP contribution in [0.5, 0.6) is 0 Å². The van der Waals surface area contributed by atoms with Crippen molar-refractivity contribution in [2.24, 2.45) is 0 Å². The van der Waals surface area contributed by atoms with Crippen molar-refractivity contribution in [3.8, 4) is 0 Å². The van der Waals surface area contributed by atoms with Crippen LogP contribution >= 0.6 is 0 Å². The Morgan fingerprint density at radius 2 is 1.74 bits per heavy atom. The van der Waals surface area contributed by atoms with Crippen molar-refractivity contribution in [3.63, 3.8) is 0 Å². The van der Waals surface area contributed by atoms with Gasteiger partial charge in [-0.2, -0.15) is 0 Å². The lowest BCUT2D eigenvalue weighted by Crippen LogP contribution is -2.53. The third kappa shape index (κ3) is 5.20. The minimum Gasteiger partial charge on any atom is -0.321 e. The van der Waals surface area contributed by atoms with Crippen molar-refractivity contribution >= 4 is 21.7 Å². The van der Waals surface area contributed by atoms with Crippen molar-refractivity contribution in [3.05, 3.63) is 69.8 Å². The average molecular weight is 447 g/mol. The molecule has 3 rings (SSSR count). The molecule has 166 valence electrons. The highest BCUT2D eigenvalue weighted by Gasteiger charge is 2.34. The average Bonchev–Trinajstić information content (AvgIpc) is 2.77. The van der Waals surface area contributed by atoms with Crippen molar-refractivity contribution in [2.45, 2.75) is 25.3 Å². The van der Waals surface area contributed by atoms with Gasteiger partial charge in [-0.1, -0.05) is 36.8 Å². The quantitative estimate of drug-likeness (QED) is 0.499. The van der Waals surface area contributed by atoms with Crippen molar-refractivity contribution in [1.29, 1.82) is 0 Å². The molecule has 2 amide bonds. The fraction of sp³-hybridized carbons (Fsp3) is 0.381. The second kappa shape index (κ2) is 9.44. The molecule has 0 spiro atoms. The summed E-state index contributed by atoms with van der Waals surface area (Å²) in [6.45, 7) is 6.62. The number of sulfonamides is 1. The molecule has 9 nitrogen and oxygen atoms in total. The molecule has 1 fully saturated rings. The number of aryl methyl sites for hydroxylation is 1. The number of amides is 2. The molecule has 1 heterocycles. The summed E-state index contributed by atoms with van der Waals surface area (Å²) >= 11 is 0. The van der Waals surface area contributed by atoms with E-state index < -0.39 is 21.0 Å². The van der Waals surface area contributed by atoms with Crippen molar-refractivity contribution < 1.29 is 18.1 Å². The van der Waals surface area contributed by atoms with E-state index >= 15 is 0 Å². The number of rotatable bonds is 6. The fourth-order valence-corrected chi connectivity index (χ4v) is 4.81. The number of benzene rings is 2. The number of carbonyl (C=O) groups is 1. The molecule has 10 heteroatoms. The summed E-state index contributed by atoms with van der Waals surface area (Å²) in [4.78, 5) is 27.6. The van der Waals surface area contributed by atoms with Crippen LogP contribution in [0.4, 0.5) is 10.5 Å². The Bertz CT molecular complexity index is 1050. The van der Waals surface area contributed by atoms with Gasteiger partial charge >= 0.3 is 6.03 Å². The molecule has 31 heavy (non-hydrogen) atoms. The first-order chi connectivity index (χ1) is 14.7. The van der Waals surface area contributed by atoms with Gasteiger partial charge in [0, 0.05) is 38.3 Å². The third-order valence-corrected chi connectivity index (χ3v) is 7.09. The van der Waals surface area contributed by atoms with Crippen LogP contribution in [0.2, 0.25) is 0 Å². The highest BCUT2D eigenvalue weighted by Crippen LogP contribution is 2.23. The highest BCUT2D eigenvalue weighted by atomic mass is 32.2. The van der Waals surface area contributed by atoms with Crippen LogP contribution in [0.3, 0.4) is 0 Å². The summed E-state index contributed by atoms with van der Waals surface area (Å²) in [6.07, 6.45) is 0. The molecule has 0 unspecified atom stereocenters. The topological polar surface area (TPSA) is 104 Å². The smallest absolute Gasteiger partial charge is 0.321 e. The van der Waals surface area contributed by atoms with E-state index in [0.29, 0.717) is 31.7 Å². The number of urea groups is 1. The number of hydrogen-bond acceptors (Lipinski definition) is 6. The lowest BCUT2D eigenvalue weighted by Gasteiger charge is -2.36. The second-order valence-corrected chi connectivity index (χ2v) is 9.32. The Morgan fingerprint density at radius 1 is 1.10 bits per heavy atom. The Morgan fingerprint density at radius 3 is 2.32 bits per heavy atom. The molecule has 0 aliphatic carbocycles. The molecule has 2 aromatic carbocycles. The summed E-state index contributed by atoms with van der Waals surface area (Å²) in [5.41, 5.74) is 1.10. The van der Waals surface area contributed by atoms with E-state index in [4.69, 9.17) is 0 Å². The van der Waals surface area contributed by atoms with Crippen LogP contribution in [0.1, 0.15) is 18.1 Å². The lowest BCUT2D eigenvalue weighted by molar-refractivity contribution is -0.384. The minimum atomic E-state index is -4.16. The standard InChI is InChI=1S/C21H26N4O5S/c1-3-22-11-13-23(14-12-22)21(26)24(16-18-5-4-6-19(15-18)25(27)28)31(29,30)20-9-7-17(2)8-10-20/h4-10,15H,3,11-14,16H2,1-2H3. The zero-order valence-electron chi connectivity index (χ0n) is 17.6. The molecular weight excluding hydrogens is 420 g/mol. The maximum atomic E-state index is 13.4. The zero-order valence-corrected chi connectivity index (χ0v) is 18.4. The molecule has 0 N–H and O–H groups in total. The largest absolute Gasteiger partial charge is 0.334 e. The second-order valence-electron chi connectivity index (χ2n) is 7.46. The van der Waals surface area contributed by atoms with Gasteiger partial charge in [0.05, 0.1) is 16.4 Å². The van der Waals surface area contributed by atoms with Gasteiger partial charge < -0.3 is 9.80 Å². The molecular formula is C21H26N4O5S. The highest BCUT2D eigenvalue weighted by molar-refractivity contribution is 7.89. The number of carbonyl (C=O) groups excluding carboxylic acids is 1. The third-order valence-electron chi connectivity index (χ3n) is 5.36. The van der Waals surface area contributed by atoms with Crippen LogP contribution < -0.4 is 0 Å². The van der Waals surface area contributed by atoms with Crippen LogP contribution in [0, 0.1) is 17.0 Å². The summed E-state index contributed by atoms with van der Waals surface area (Å²) in [7, 11) is -4.16. The Labute approximate surface area is 182 Å². The molecule has 0 aromatic heterocycles. The van der Waals surface area contributed by atoms with Crippen molar-refractivity contribution in [1.82, 2.24) is 14.1 Å². The Kier molecular flexibility index (Phi) is 6.91. The number of non-ortho nitro benzene ring substituents is 1. The first-order valence-electron chi connectivity index (χ1n) is 10.1. The number of nitrogens with zero attached hydrogens (tertiary/aromatic N) is 4. The zero-order chi connectivity index (χ0) is 22.6. The van der Waals surface area contributed by atoms with E-state index in [-0.39, 0.29) is 17.1 Å². The van der Waals surface area contributed by atoms with Gasteiger partial charge in [0.25, 0.3) is 15.7 Å². The molecule has 0 radical (unpaired) electrons. The normalized spacial score (nSPS) is 15.0. The number of piperazine rings is 1. The van der Waals surface area contributed by atoms with Gasteiger partial charge in [-0.3, -0.25) is 10.1 Å². The monoisotopic (exact) mass is 446 g/mol. The number of likely N-dealkylation sites (N-methyl/N-ethyl adjacent to an activating group) is 1. The molecule has 0 saturated carbocycles. The van der Waals surface area contributed by atoms with Gasteiger partial charge in [-0.15, -0.1) is 0 Å². The SMILES string of the molecule is CCN1CCN(C(=O)N(Cc2cccc([N+](=O)[O-])c2)S(=O)(=O)c2ccc(C)cc2)CC1. The summed E-state index contributed by atoms with van der Waals surface area (Å²) in [5.74, 6) is 0. The maximum absolute atomic E-state index is 13.4. The van der Waals surface area contributed by atoms with E-state index in [0.717, 1.165) is 16.4 Å². The molecule has 0 bridgehead atoms. The molecule has 1 aliphatic rings. The van der Waals surface area contributed by atoms with E-state index in [2.05, 4.69) is 4.90 Å². The predicted molar refractivity (Wildman–Crippen MR) is 116 cm³/mol. The first kappa shape index (κ1) is 22.7. The van der Waals surface area contributed by atoms with E-state index in [1.807, 2.05) is 13.8 Å². The lowest BCUT2D eigenvalue weighted by atomic mass is 10.2. The van der Waals surface area contributed by atoms with E-state index in [1.54, 1.807) is 18.2 Å². The predicted octanol–water partition coefficient (Wildman–Crippen LogP) is 2.85. The van der Waals surface area contributed by atoms with Gasteiger partial charge in [0.1, 0.15) is 0 Å².